The van der Waals surface area contributed by atoms with Crippen molar-refractivity contribution in [3.8, 4) is 11.4 Å². The van der Waals surface area contributed by atoms with Crippen LogP contribution in [0.5, 0.6) is 0 Å². The summed E-state index contributed by atoms with van der Waals surface area (Å²) in [5.41, 5.74) is 1.59. The Morgan fingerprint density at radius 2 is 1.74 bits per heavy atom. The number of ether oxygens (including phenoxy) is 1. The topological polar surface area (TPSA) is 150 Å². The number of Topliss-reactive ketones (excluding diaryl/α,β-unsaturated/α-hetero) is 1. The van der Waals surface area contributed by atoms with E-state index in [0.717, 1.165) is 12.0 Å². The lowest BCUT2D eigenvalue weighted by atomic mass is 9.93. The molecule has 2 aromatic rings. The van der Waals surface area contributed by atoms with E-state index in [4.69, 9.17) is 4.74 Å². The second-order valence-corrected chi connectivity index (χ2v) is 9.92. The highest BCUT2D eigenvalue weighted by molar-refractivity contribution is 5.97. The van der Waals surface area contributed by atoms with Crippen molar-refractivity contribution in [2.45, 2.75) is 38.5 Å². The molecule has 2 fully saturated rings. The monoisotopic (exact) mass is 538 g/mol. The van der Waals surface area contributed by atoms with Gasteiger partial charge in [-0.05, 0) is 31.7 Å². The van der Waals surface area contributed by atoms with Crippen molar-refractivity contribution in [3.63, 3.8) is 0 Å². The van der Waals surface area contributed by atoms with Crippen molar-refractivity contribution in [3.05, 3.63) is 47.8 Å². The molecule has 1 saturated carbocycles. The van der Waals surface area contributed by atoms with Crippen LogP contribution in [0.25, 0.3) is 11.4 Å². The van der Waals surface area contributed by atoms with E-state index in [-0.39, 0.29) is 74.8 Å². The molecule has 0 bridgehead atoms. The zero-order valence-electron chi connectivity index (χ0n) is 22.0. The van der Waals surface area contributed by atoms with Gasteiger partial charge in [0.1, 0.15) is 5.69 Å². The van der Waals surface area contributed by atoms with E-state index in [0.29, 0.717) is 24.6 Å². The van der Waals surface area contributed by atoms with Gasteiger partial charge in [-0.1, -0.05) is 30.3 Å². The summed E-state index contributed by atoms with van der Waals surface area (Å²) in [6.45, 7) is 3.16. The fourth-order valence-electron chi connectivity index (χ4n) is 4.85. The number of carbonyl (C=O) groups is 4. The largest absolute Gasteiger partial charge is 0.481 e. The van der Waals surface area contributed by atoms with Crippen molar-refractivity contribution in [2.75, 3.05) is 39.4 Å². The third kappa shape index (κ3) is 7.17. The van der Waals surface area contributed by atoms with Gasteiger partial charge >= 0.3 is 12.1 Å². The molecule has 2 aliphatic rings. The molecule has 4 rings (SSSR count). The van der Waals surface area contributed by atoms with Gasteiger partial charge in [0.2, 0.25) is 5.91 Å². The molecule has 0 spiro atoms. The first kappa shape index (κ1) is 28.2. The molecule has 3 atom stereocenters. The zero-order valence-corrected chi connectivity index (χ0v) is 22.0. The van der Waals surface area contributed by atoms with Crippen LogP contribution < -0.4 is 0 Å². The van der Waals surface area contributed by atoms with Gasteiger partial charge in [-0.2, -0.15) is 0 Å². The summed E-state index contributed by atoms with van der Waals surface area (Å²) in [7, 11) is 0. The Kier molecular flexibility index (Phi) is 9.23. The van der Waals surface area contributed by atoms with Crippen molar-refractivity contribution < 1.29 is 34.1 Å². The minimum absolute atomic E-state index is 0.0106. The van der Waals surface area contributed by atoms with Crippen LogP contribution in [0, 0.1) is 11.8 Å². The second kappa shape index (κ2) is 12.8. The van der Waals surface area contributed by atoms with E-state index in [1.165, 1.54) is 4.90 Å². The molecule has 0 radical (unpaired) electrons. The normalized spacial score (nSPS) is 19.3. The highest BCUT2D eigenvalue weighted by Gasteiger charge is 2.40. The maximum atomic E-state index is 13.5. The Labute approximate surface area is 226 Å². The van der Waals surface area contributed by atoms with Gasteiger partial charge < -0.3 is 24.7 Å². The first-order valence-corrected chi connectivity index (χ1v) is 13.3. The standard InChI is InChI=1S/C28H34N4O7/c1-2-39-28(38)32-12-10-31(11-13-32)27(37)19(8-9-25(35)36)15-24(34)23-16-22(21-14-20(21)17-33)29-26(30-23)18-6-4-3-5-7-18/h3-7,16,19-21,33H,2,8-15,17H2,1H3,(H,35,36)/t19-,20?,21?/m1/s1. The fraction of sp³-hybridized carbons (Fsp3) is 0.500. The van der Waals surface area contributed by atoms with Gasteiger partial charge in [0.15, 0.2) is 11.6 Å². The maximum Gasteiger partial charge on any atom is 0.409 e. The van der Waals surface area contributed by atoms with Gasteiger partial charge in [0, 0.05) is 68.7 Å². The average molecular weight is 539 g/mol. The van der Waals surface area contributed by atoms with Gasteiger partial charge in [-0.25, -0.2) is 14.8 Å². The SMILES string of the molecule is CCOC(=O)N1CCN(C(=O)[C@H](CCC(=O)O)CC(=O)c2cc(C3CC3CO)nc(-c3ccccc3)n2)CC1. The van der Waals surface area contributed by atoms with Crippen LogP contribution in [-0.4, -0.2) is 93.1 Å². The van der Waals surface area contributed by atoms with Gasteiger partial charge in [-0.3, -0.25) is 14.4 Å². The van der Waals surface area contributed by atoms with E-state index in [9.17, 15) is 29.4 Å². The molecule has 2 N–H and O–H groups in total. The number of aliphatic hydroxyl groups is 1. The molecule has 1 aliphatic heterocycles. The number of carbonyl (C=O) groups excluding carboxylic acids is 3. The second-order valence-electron chi connectivity index (χ2n) is 9.92. The molecule has 2 heterocycles. The predicted molar refractivity (Wildman–Crippen MR) is 140 cm³/mol. The number of aliphatic carboxylic acids is 1. The molecule has 208 valence electrons. The molecule has 11 heteroatoms. The summed E-state index contributed by atoms with van der Waals surface area (Å²) in [6, 6.07) is 10.9. The molecule has 2 unspecified atom stereocenters. The summed E-state index contributed by atoms with van der Waals surface area (Å²) < 4.78 is 5.02. The number of benzene rings is 1. The fourth-order valence-corrected chi connectivity index (χ4v) is 4.85. The van der Waals surface area contributed by atoms with Gasteiger partial charge in [0.25, 0.3) is 0 Å². The molecule has 1 aliphatic carbocycles. The first-order chi connectivity index (χ1) is 18.8. The average Bonchev–Trinajstić information content (AvgIpc) is 3.75. The van der Waals surface area contributed by atoms with Crippen LogP contribution in [0.15, 0.2) is 36.4 Å². The third-order valence-corrected chi connectivity index (χ3v) is 7.21. The van der Waals surface area contributed by atoms with Crippen molar-refractivity contribution in [2.24, 2.45) is 11.8 Å². The number of hydrogen-bond donors (Lipinski definition) is 2. The number of piperazine rings is 1. The molecule has 1 aromatic heterocycles. The smallest absolute Gasteiger partial charge is 0.409 e. The molecule has 11 nitrogen and oxygen atoms in total. The van der Waals surface area contributed by atoms with E-state index < -0.39 is 18.0 Å². The van der Waals surface area contributed by atoms with E-state index in [1.807, 2.05) is 30.3 Å². The van der Waals surface area contributed by atoms with Crippen LogP contribution in [-0.2, 0) is 14.3 Å². The molecule has 1 aromatic carbocycles. The molecular weight excluding hydrogens is 504 g/mol. The van der Waals surface area contributed by atoms with E-state index >= 15 is 0 Å². The maximum absolute atomic E-state index is 13.5. The van der Waals surface area contributed by atoms with Crippen molar-refractivity contribution in [1.29, 1.82) is 0 Å². The summed E-state index contributed by atoms with van der Waals surface area (Å²) in [5, 5.41) is 18.8. The van der Waals surface area contributed by atoms with Crippen molar-refractivity contribution >= 4 is 23.8 Å². The minimum Gasteiger partial charge on any atom is -0.481 e. The summed E-state index contributed by atoms with van der Waals surface area (Å²) in [4.78, 5) is 62.5. The number of aliphatic hydroxyl groups excluding tert-OH is 1. The number of amides is 2. The van der Waals surface area contributed by atoms with Crippen LogP contribution in [0.2, 0.25) is 0 Å². The summed E-state index contributed by atoms with van der Waals surface area (Å²) >= 11 is 0. The van der Waals surface area contributed by atoms with E-state index in [2.05, 4.69) is 9.97 Å². The lowest BCUT2D eigenvalue weighted by molar-refractivity contribution is -0.139. The lowest BCUT2D eigenvalue weighted by Gasteiger charge is -2.35. The number of carboxylic acid groups (broad SMARTS) is 1. The minimum atomic E-state index is -1.05. The molecule has 2 amide bonds. The highest BCUT2D eigenvalue weighted by Crippen LogP contribution is 2.46. The molecule has 1 saturated heterocycles. The highest BCUT2D eigenvalue weighted by atomic mass is 16.6. The number of hydrogen-bond acceptors (Lipinski definition) is 8. The Balaban J connectivity index is 1.52. The lowest BCUT2D eigenvalue weighted by Crippen LogP contribution is -2.52. The number of carboxylic acids is 1. The van der Waals surface area contributed by atoms with E-state index in [1.54, 1.807) is 17.9 Å². The van der Waals surface area contributed by atoms with Crippen molar-refractivity contribution in [1.82, 2.24) is 19.8 Å². The van der Waals surface area contributed by atoms with Crippen LogP contribution in [0.3, 0.4) is 0 Å². The third-order valence-electron chi connectivity index (χ3n) is 7.21. The zero-order chi connectivity index (χ0) is 27.9. The predicted octanol–water partition coefficient (Wildman–Crippen LogP) is 2.59. The number of aromatic nitrogens is 2. The summed E-state index contributed by atoms with van der Waals surface area (Å²) in [6.07, 6.45) is -0.0982. The Morgan fingerprint density at radius 3 is 2.36 bits per heavy atom. The first-order valence-electron chi connectivity index (χ1n) is 13.3. The van der Waals surface area contributed by atoms with Crippen LogP contribution in [0.1, 0.15) is 54.7 Å². The van der Waals surface area contributed by atoms with Gasteiger partial charge in [-0.15, -0.1) is 0 Å². The quantitative estimate of drug-likeness (QED) is 0.412. The number of ketones is 1. The number of nitrogens with zero attached hydrogens (tertiary/aromatic N) is 4. The molecule has 39 heavy (non-hydrogen) atoms. The number of rotatable bonds is 11. The summed E-state index contributed by atoms with van der Waals surface area (Å²) in [5.74, 6) is -2.06. The van der Waals surface area contributed by atoms with Gasteiger partial charge in [0.05, 0.1) is 6.61 Å². The Bertz CT molecular complexity index is 1200. The van der Waals surface area contributed by atoms with Crippen LogP contribution >= 0.6 is 0 Å². The Morgan fingerprint density at radius 1 is 1.05 bits per heavy atom. The van der Waals surface area contributed by atoms with Crippen LogP contribution in [0.4, 0.5) is 4.79 Å². The Hall–Kier alpha value is -3.86. The molecular formula is C28H34N4O7.